The van der Waals surface area contributed by atoms with E-state index in [1.54, 1.807) is 12.3 Å². The fourth-order valence-electron chi connectivity index (χ4n) is 2.99. The zero-order chi connectivity index (χ0) is 17.8. The molecule has 3 heterocycles. The van der Waals surface area contributed by atoms with Gasteiger partial charge in [-0.2, -0.15) is 0 Å². The first-order chi connectivity index (χ1) is 12.1. The number of ether oxygens (including phenoxy) is 2. The van der Waals surface area contributed by atoms with Gasteiger partial charge in [0.2, 0.25) is 0 Å². The summed E-state index contributed by atoms with van der Waals surface area (Å²) in [6.07, 6.45) is 3.25. The van der Waals surface area contributed by atoms with Crippen LogP contribution in [0, 0.1) is 11.8 Å². The fraction of sp³-hybridized carbons (Fsp3) is 0.500. The van der Waals surface area contributed by atoms with Crippen molar-refractivity contribution in [1.29, 1.82) is 0 Å². The quantitative estimate of drug-likeness (QED) is 0.788. The van der Waals surface area contributed by atoms with E-state index >= 15 is 0 Å². The predicted octanol–water partition coefficient (Wildman–Crippen LogP) is 3.78. The Morgan fingerprint density at radius 3 is 2.76 bits per heavy atom. The molecule has 2 aromatic heterocycles. The molecule has 6 nitrogen and oxygen atoms in total. The summed E-state index contributed by atoms with van der Waals surface area (Å²) in [5.74, 6) is 3.27. The van der Waals surface area contributed by atoms with E-state index in [0.717, 1.165) is 23.7 Å². The SMILES string of the molecule is CC(CNc1cc(Cl)ncn1)[C@@H](C)C(C)c1ccnc2c1OCCO2. The van der Waals surface area contributed by atoms with Crippen LogP contribution >= 0.6 is 11.6 Å². The summed E-state index contributed by atoms with van der Waals surface area (Å²) in [6, 6.07) is 3.76. The minimum absolute atomic E-state index is 0.309. The zero-order valence-corrected chi connectivity index (χ0v) is 15.5. The molecule has 1 aliphatic rings. The second-order valence-electron chi connectivity index (χ2n) is 6.46. The maximum absolute atomic E-state index is 5.90. The molecule has 25 heavy (non-hydrogen) atoms. The molecule has 2 unspecified atom stereocenters. The Hall–Kier alpha value is -2.08. The summed E-state index contributed by atoms with van der Waals surface area (Å²) in [4.78, 5) is 12.3. The molecular weight excluding hydrogens is 340 g/mol. The third-order valence-corrected chi connectivity index (χ3v) is 5.09. The van der Waals surface area contributed by atoms with Crippen LogP contribution in [-0.4, -0.2) is 34.7 Å². The Balaban J connectivity index is 1.66. The van der Waals surface area contributed by atoms with Crippen LogP contribution in [0.2, 0.25) is 5.15 Å². The normalized spacial score (nSPS) is 16.8. The van der Waals surface area contributed by atoms with Gasteiger partial charge in [-0.15, -0.1) is 0 Å². The van der Waals surface area contributed by atoms with E-state index in [2.05, 4.69) is 41.0 Å². The average Bonchev–Trinajstić information content (AvgIpc) is 2.64. The van der Waals surface area contributed by atoms with Crippen LogP contribution in [0.15, 0.2) is 24.7 Å². The first-order valence-corrected chi connectivity index (χ1v) is 8.90. The molecular formula is C18H23ClN4O2. The van der Waals surface area contributed by atoms with Crippen molar-refractivity contribution in [3.05, 3.63) is 35.4 Å². The average molecular weight is 363 g/mol. The molecule has 0 amide bonds. The molecule has 0 fully saturated rings. The van der Waals surface area contributed by atoms with Gasteiger partial charge in [-0.05, 0) is 23.8 Å². The third-order valence-electron chi connectivity index (χ3n) is 4.89. The number of hydrogen-bond acceptors (Lipinski definition) is 6. The van der Waals surface area contributed by atoms with E-state index in [9.17, 15) is 0 Å². The van der Waals surface area contributed by atoms with Crippen LogP contribution in [0.5, 0.6) is 11.6 Å². The van der Waals surface area contributed by atoms with Gasteiger partial charge in [0.1, 0.15) is 30.5 Å². The minimum atomic E-state index is 0.309. The Morgan fingerprint density at radius 2 is 1.96 bits per heavy atom. The van der Waals surface area contributed by atoms with Crippen molar-refractivity contribution < 1.29 is 9.47 Å². The van der Waals surface area contributed by atoms with Gasteiger partial charge in [-0.1, -0.05) is 32.4 Å². The van der Waals surface area contributed by atoms with Gasteiger partial charge in [0.25, 0.3) is 5.88 Å². The van der Waals surface area contributed by atoms with Crippen LogP contribution in [0.3, 0.4) is 0 Å². The molecule has 1 N–H and O–H groups in total. The second-order valence-corrected chi connectivity index (χ2v) is 6.85. The first-order valence-electron chi connectivity index (χ1n) is 8.52. The standard InChI is InChI=1S/C18H23ClN4O2/c1-11(9-21-16-8-15(19)22-10-23-16)12(2)13(3)14-4-5-20-18-17(14)24-6-7-25-18/h4-5,8,10-13H,6-7,9H2,1-3H3,(H,21,22,23)/t11?,12-,13?/m1/s1. The molecule has 0 saturated carbocycles. The number of rotatable bonds is 6. The van der Waals surface area contributed by atoms with E-state index in [0.29, 0.717) is 42.0 Å². The summed E-state index contributed by atoms with van der Waals surface area (Å²) in [5, 5.41) is 3.77. The van der Waals surface area contributed by atoms with Crippen molar-refractivity contribution in [3.63, 3.8) is 0 Å². The van der Waals surface area contributed by atoms with E-state index in [4.69, 9.17) is 21.1 Å². The number of aromatic nitrogens is 3. The van der Waals surface area contributed by atoms with Gasteiger partial charge in [0.15, 0.2) is 5.75 Å². The third kappa shape index (κ3) is 4.12. The molecule has 0 aromatic carbocycles. The van der Waals surface area contributed by atoms with E-state index < -0.39 is 0 Å². The largest absolute Gasteiger partial charge is 0.484 e. The Kier molecular flexibility index (Phi) is 5.58. The summed E-state index contributed by atoms with van der Waals surface area (Å²) >= 11 is 5.90. The lowest BCUT2D eigenvalue weighted by Crippen LogP contribution is -2.24. The van der Waals surface area contributed by atoms with Crippen molar-refractivity contribution in [2.24, 2.45) is 11.8 Å². The molecule has 0 bridgehead atoms. The minimum Gasteiger partial charge on any atom is -0.484 e. The highest BCUT2D eigenvalue weighted by atomic mass is 35.5. The van der Waals surface area contributed by atoms with Gasteiger partial charge < -0.3 is 14.8 Å². The number of pyridine rings is 1. The number of anilines is 1. The van der Waals surface area contributed by atoms with Crippen molar-refractivity contribution in [1.82, 2.24) is 15.0 Å². The van der Waals surface area contributed by atoms with E-state index in [1.165, 1.54) is 6.33 Å². The summed E-state index contributed by atoms with van der Waals surface area (Å²) in [5.41, 5.74) is 1.15. The Bertz CT molecular complexity index is 728. The number of nitrogens with one attached hydrogen (secondary N) is 1. The molecule has 3 atom stereocenters. The Labute approximate surface area is 153 Å². The molecule has 0 spiro atoms. The number of halogens is 1. The van der Waals surface area contributed by atoms with Crippen molar-refractivity contribution >= 4 is 17.4 Å². The number of fused-ring (bicyclic) bond motifs is 1. The molecule has 0 radical (unpaired) electrons. The smallest absolute Gasteiger partial charge is 0.257 e. The second kappa shape index (κ2) is 7.87. The maximum Gasteiger partial charge on any atom is 0.257 e. The predicted molar refractivity (Wildman–Crippen MR) is 97.5 cm³/mol. The highest BCUT2D eigenvalue weighted by Crippen LogP contribution is 2.40. The molecule has 0 saturated heterocycles. The highest BCUT2D eigenvalue weighted by molar-refractivity contribution is 6.29. The Morgan fingerprint density at radius 1 is 1.16 bits per heavy atom. The topological polar surface area (TPSA) is 69.2 Å². The molecule has 1 aliphatic heterocycles. The van der Waals surface area contributed by atoms with E-state index in [1.807, 2.05) is 6.07 Å². The fourth-order valence-corrected chi connectivity index (χ4v) is 3.14. The first kappa shape index (κ1) is 17.7. The van der Waals surface area contributed by atoms with Gasteiger partial charge >= 0.3 is 0 Å². The van der Waals surface area contributed by atoms with Crippen LogP contribution < -0.4 is 14.8 Å². The molecule has 2 aromatic rings. The van der Waals surface area contributed by atoms with Crippen molar-refractivity contribution in [2.75, 3.05) is 25.1 Å². The molecule has 134 valence electrons. The van der Waals surface area contributed by atoms with Crippen LogP contribution in [0.4, 0.5) is 5.82 Å². The summed E-state index contributed by atoms with van der Waals surface area (Å²) in [7, 11) is 0. The molecule has 0 aliphatic carbocycles. The van der Waals surface area contributed by atoms with Gasteiger partial charge in [-0.25, -0.2) is 15.0 Å². The number of nitrogens with zero attached hydrogens (tertiary/aromatic N) is 3. The lowest BCUT2D eigenvalue weighted by atomic mass is 9.81. The summed E-state index contributed by atoms with van der Waals surface area (Å²) in [6.45, 7) is 8.61. The summed E-state index contributed by atoms with van der Waals surface area (Å²) < 4.78 is 11.4. The van der Waals surface area contributed by atoms with Gasteiger partial charge in [0.05, 0.1) is 0 Å². The number of hydrogen-bond donors (Lipinski definition) is 1. The molecule has 7 heteroatoms. The lowest BCUT2D eigenvalue weighted by Gasteiger charge is -2.29. The van der Waals surface area contributed by atoms with Crippen molar-refractivity contribution in [2.45, 2.75) is 26.7 Å². The lowest BCUT2D eigenvalue weighted by molar-refractivity contribution is 0.160. The molecule has 3 rings (SSSR count). The van der Waals surface area contributed by atoms with Crippen LogP contribution in [-0.2, 0) is 0 Å². The van der Waals surface area contributed by atoms with Gasteiger partial charge in [0, 0.05) is 24.4 Å². The maximum atomic E-state index is 5.90. The monoisotopic (exact) mass is 362 g/mol. The van der Waals surface area contributed by atoms with Crippen LogP contribution in [0.1, 0.15) is 32.3 Å². The van der Waals surface area contributed by atoms with Gasteiger partial charge in [-0.3, -0.25) is 0 Å². The van der Waals surface area contributed by atoms with Crippen molar-refractivity contribution in [3.8, 4) is 11.6 Å². The zero-order valence-electron chi connectivity index (χ0n) is 14.7. The highest BCUT2D eigenvalue weighted by Gasteiger charge is 2.26. The van der Waals surface area contributed by atoms with Crippen LogP contribution in [0.25, 0.3) is 0 Å². The van der Waals surface area contributed by atoms with E-state index in [-0.39, 0.29) is 0 Å².